The highest BCUT2D eigenvalue weighted by molar-refractivity contribution is 9.09. The Bertz CT molecular complexity index is 244. The van der Waals surface area contributed by atoms with Gasteiger partial charge in [0.05, 0.1) is 17.5 Å². The van der Waals surface area contributed by atoms with Crippen LogP contribution in [0.5, 0.6) is 0 Å². The lowest BCUT2D eigenvalue weighted by Gasteiger charge is -2.38. The van der Waals surface area contributed by atoms with Crippen molar-refractivity contribution in [3.05, 3.63) is 0 Å². The van der Waals surface area contributed by atoms with Gasteiger partial charge in [0.2, 0.25) is 0 Å². The van der Waals surface area contributed by atoms with Crippen LogP contribution in [0, 0.1) is 17.8 Å². The minimum absolute atomic E-state index is 0.0217. The van der Waals surface area contributed by atoms with E-state index in [-0.39, 0.29) is 6.29 Å². The van der Waals surface area contributed by atoms with Crippen LogP contribution >= 0.6 is 15.9 Å². The molecular weight excluding hydrogens is 280 g/mol. The first-order valence-corrected chi connectivity index (χ1v) is 7.90. The molecule has 1 aliphatic heterocycles. The fourth-order valence-corrected chi connectivity index (χ4v) is 3.57. The third-order valence-electron chi connectivity index (χ3n) is 4.24. The predicted molar refractivity (Wildman–Crippen MR) is 73.3 cm³/mol. The Hall–Kier alpha value is 0.400. The molecule has 0 N–H and O–H groups in total. The third kappa shape index (κ3) is 3.45. The quantitative estimate of drug-likeness (QED) is 0.734. The zero-order valence-electron chi connectivity index (χ0n) is 11.2. The second-order valence-electron chi connectivity index (χ2n) is 6.04. The minimum atomic E-state index is -0.0217. The van der Waals surface area contributed by atoms with Gasteiger partial charge in [-0.2, -0.15) is 0 Å². The van der Waals surface area contributed by atoms with E-state index in [9.17, 15) is 0 Å². The lowest BCUT2D eigenvalue weighted by atomic mass is 9.75. The lowest BCUT2D eigenvalue weighted by Crippen LogP contribution is -2.38. The first-order valence-electron chi connectivity index (χ1n) is 6.99. The molecule has 5 atom stereocenters. The molecule has 100 valence electrons. The lowest BCUT2D eigenvalue weighted by molar-refractivity contribution is -0.171. The summed E-state index contributed by atoms with van der Waals surface area (Å²) in [6.45, 7) is 7.81. The number of ether oxygens (including phenoxy) is 2. The SMILES string of the molecule is CC(C)[C@H]1CC[C@@H](C)C[C@@H]1O[C@@H]1OCC[C@H]1Br. The molecule has 2 nitrogen and oxygen atoms in total. The highest BCUT2D eigenvalue weighted by Crippen LogP contribution is 2.37. The van der Waals surface area contributed by atoms with Crippen LogP contribution in [0.2, 0.25) is 0 Å². The second kappa shape index (κ2) is 6.03. The van der Waals surface area contributed by atoms with Crippen molar-refractivity contribution in [2.45, 2.75) is 63.7 Å². The zero-order chi connectivity index (χ0) is 12.4. The van der Waals surface area contributed by atoms with Gasteiger partial charge in [-0.15, -0.1) is 0 Å². The van der Waals surface area contributed by atoms with Crippen LogP contribution in [-0.4, -0.2) is 23.8 Å². The number of alkyl halides is 1. The molecule has 0 aromatic heterocycles. The summed E-state index contributed by atoms with van der Waals surface area (Å²) in [4.78, 5) is 0.382. The van der Waals surface area contributed by atoms with Crippen LogP contribution in [0.15, 0.2) is 0 Å². The Morgan fingerprint density at radius 1 is 1.24 bits per heavy atom. The fraction of sp³-hybridized carbons (Fsp3) is 1.00. The maximum absolute atomic E-state index is 6.24. The van der Waals surface area contributed by atoms with Gasteiger partial charge in [0.1, 0.15) is 0 Å². The molecule has 0 aromatic rings. The van der Waals surface area contributed by atoms with E-state index in [4.69, 9.17) is 9.47 Å². The van der Waals surface area contributed by atoms with Gasteiger partial charge in [-0.1, -0.05) is 43.1 Å². The average molecular weight is 305 g/mol. The minimum Gasteiger partial charge on any atom is -0.351 e. The van der Waals surface area contributed by atoms with Crippen molar-refractivity contribution in [3.63, 3.8) is 0 Å². The van der Waals surface area contributed by atoms with Crippen molar-refractivity contribution in [2.75, 3.05) is 6.61 Å². The summed E-state index contributed by atoms with van der Waals surface area (Å²) in [7, 11) is 0. The van der Waals surface area contributed by atoms with Crippen LogP contribution in [0.25, 0.3) is 0 Å². The van der Waals surface area contributed by atoms with Crippen molar-refractivity contribution >= 4 is 15.9 Å². The molecule has 3 heteroatoms. The fourth-order valence-electron chi connectivity index (χ4n) is 3.11. The Morgan fingerprint density at radius 2 is 2.00 bits per heavy atom. The zero-order valence-corrected chi connectivity index (χ0v) is 12.8. The number of hydrogen-bond donors (Lipinski definition) is 0. The summed E-state index contributed by atoms with van der Waals surface area (Å²) < 4.78 is 11.9. The Morgan fingerprint density at radius 3 is 2.59 bits per heavy atom. The first-order chi connectivity index (χ1) is 8.08. The Kier molecular flexibility index (Phi) is 4.90. The van der Waals surface area contributed by atoms with Crippen molar-refractivity contribution in [1.29, 1.82) is 0 Å². The molecule has 0 amide bonds. The highest BCUT2D eigenvalue weighted by Gasteiger charge is 2.36. The first kappa shape index (κ1) is 13.8. The summed E-state index contributed by atoms with van der Waals surface area (Å²) in [5.41, 5.74) is 0. The van der Waals surface area contributed by atoms with Crippen LogP contribution in [0.3, 0.4) is 0 Å². The van der Waals surface area contributed by atoms with E-state index >= 15 is 0 Å². The Labute approximate surface area is 114 Å². The maximum atomic E-state index is 6.24. The monoisotopic (exact) mass is 304 g/mol. The molecule has 0 bridgehead atoms. The van der Waals surface area contributed by atoms with Crippen LogP contribution in [0.1, 0.15) is 46.5 Å². The normalized spacial score (nSPS) is 43.2. The van der Waals surface area contributed by atoms with Gasteiger partial charge in [-0.25, -0.2) is 0 Å². The molecule has 1 heterocycles. The van der Waals surface area contributed by atoms with E-state index in [0.29, 0.717) is 22.8 Å². The van der Waals surface area contributed by atoms with Gasteiger partial charge in [-0.3, -0.25) is 0 Å². The van der Waals surface area contributed by atoms with Crippen molar-refractivity contribution in [2.24, 2.45) is 17.8 Å². The summed E-state index contributed by atoms with van der Waals surface area (Å²) >= 11 is 3.65. The summed E-state index contributed by atoms with van der Waals surface area (Å²) in [6, 6.07) is 0. The molecule has 0 spiro atoms. The van der Waals surface area contributed by atoms with Gasteiger partial charge < -0.3 is 9.47 Å². The topological polar surface area (TPSA) is 18.5 Å². The van der Waals surface area contributed by atoms with Gasteiger partial charge in [0.25, 0.3) is 0 Å². The van der Waals surface area contributed by atoms with Crippen LogP contribution < -0.4 is 0 Å². The van der Waals surface area contributed by atoms with Gasteiger partial charge in [-0.05, 0) is 37.0 Å². The molecule has 17 heavy (non-hydrogen) atoms. The van der Waals surface area contributed by atoms with Crippen LogP contribution in [-0.2, 0) is 9.47 Å². The standard InChI is InChI=1S/C14H25BrO2/c1-9(2)11-5-4-10(3)8-13(11)17-14-12(15)6-7-16-14/h9-14H,4-8H2,1-3H3/t10-,11-,12-,13+,14+/m1/s1. The molecule has 0 unspecified atom stereocenters. The van der Waals surface area contributed by atoms with E-state index < -0.39 is 0 Å². The van der Waals surface area contributed by atoms with E-state index in [1.807, 2.05) is 0 Å². The van der Waals surface area contributed by atoms with E-state index in [1.165, 1.54) is 19.3 Å². The summed E-state index contributed by atoms with van der Waals surface area (Å²) in [6.07, 6.45) is 5.30. The average Bonchev–Trinajstić information content (AvgIpc) is 2.64. The molecule has 2 rings (SSSR count). The molecule has 0 aromatic carbocycles. The molecule has 2 aliphatic rings. The van der Waals surface area contributed by atoms with Crippen molar-refractivity contribution < 1.29 is 9.47 Å². The highest BCUT2D eigenvalue weighted by atomic mass is 79.9. The number of hydrogen-bond acceptors (Lipinski definition) is 2. The van der Waals surface area contributed by atoms with E-state index in [2.05, 4.69) is 36.7 Å². The molecule has 1 saturated carbocycles. The molecule has 1 aliphatic carbocycles. The number of rotatable bonds is 3. The second-order valence-corrected chi connectivity index (χ2v) is 7.22. The van der Waals surface area contributed by atoms with Crippen molar-refractivity contribution in [3.8, 4) is 0 Å². The summed E-state index contributed by atoms with van der Waals surface area (Å²) in [5, 5.41) is 0. The summed E-state index contributed by atoms with van der Waals surface area (Å²) in [5.74, 6) is 2.21. The predicted octanol–water partition coefficient (Wildman–Crippen LogP) is 3.97. The largest absolute Gasteiger partial charge is 0.351 e. The van der Waals surface area contributed by atoms with Gasteiger partial charge in [0.15, 0.2) is 6.29 Å². The van der Waals surface area contributed by atoms with Crippen molar-refractivity contribution in [1.82, 2.24) is 0 Å². The smallest absolute Gasteiger partial charge is 0.170 e. The van der Waals surface area contributed by atoms with Gasteiger partial charge in [0, 0.05) is 0 Å². The third-order valence-corrected chi connectivity index (χ3v) is 5.13. The molecule has 2 fully saturated rings. The molecular formula is C14H25BrO2. The van der Waals surface area contributed by atoms with E-state index in [0.717, 1.165) is 18.9 Å². The molecule has 0 radical (unpaired) electrons. The maximum Gasteiger partial charge on any atom is 0.170 e. The number of halogens is 1. The van der Waals surface area contributed by atoms with E-state index in [1.54, 1.807) is 0 Å². The van der Waals surface area contributed by atoms with Gasteiger partial charge >= 0.3 is 0 Å². The Balaban J connectivity index is 1.94. The van der Waals surface area contributed by atoms with Crippen LogP contribution in [0.4, 0.5) is 0 Å². The molecule has 1 saturated heterocycles.